The van der Waals surface area contributed by atoms with Gasteiger partial charge in [0.2, 0.25) is 5.91 Å². The van der Waals surface area contributed by atoms with Crippen LogP contribution in [0.1, 0.15) is 29.5 Å². The summed E-state index contributed by atoms with van der Waals surface area (Å²) >= 11 is 1.56. The van der Waals surface area contributed by atoms with Crippen LogP contribution in [0.15, 0.2) is 41.9 Å². The first-order valence-corrected chi connectivity index (χ1v) is 7.57. The number of aromatic nitrogens is 1. The van der Waals surface area contributed by atoms with E-state index in [0.717, 1.165) is 23.5 Å². The highest BCUT2D eigenvalue weighted by atomic mass is 35.5. The van der Waals surface area contributed by atoms with Crippen LogP contribution in [0.5, 0.6) is 0 Å². The molecule has 2 rings (SSSR count). The number of amides is 1. The lowest BCUT2D eigenvalue weighted by atomic mass is 10.1. The van der Waals surface area contributed by atoms with Gasteiger partial charge in [0.15, 0.2) is 0 Å². The van der Waals surface area contributed by atoms with E-state index in [1.807, 2.05) is 42.8 Å². The number of carbonyl (C=O) groups is 1. The molecular weight excluding hydrogens is 306 g/mol. The average Bonchev–Trinajstić information content (AvgIpc) is 3.00. The molecule has 21 heavy (non-hydrogen) atoms. The number of benzene rings is 1. The van der Waals surface area contributed by atoms with Gasteiger partial charge in [0, 0.05) is 18.0 Å². The molecule has 1 aromatic carbocycles. The second-order valence-corrected chi connectivity index (χ2v) is 5.41. The van der Waals surface area contributed by atoms with Crippen molar-refractivity contribution >= 4 is 29.7 Å². The average molecular weight is 326 g/mol. The molecule has 0 fully saturated rings. The first-order valence-electron chi connectivity index (χ1n) is 6.69. The molecule has 0 saturated heterocycles. The number of nitrogens with one attached hydrogen (secondary N) is 2. The molecule has 1 amide bonds. The van der Waals surface area contributed by atoms with Gasteiger partial charge < -0.3 is 10.6 Å². The van der Waals surface area contributed by atoms with Crippen molar-refractivity contribution < 1.29 is 4.79 Å². The molecule has 0 radical (unpaired) electrons. The Morgan fingerprint density at radius 3 is 2.71 bits per heavy atom. The summed E-state index contributed by atoms with van der Waals surface area (Å²) in [5.41, 5.74) is 1.06. The van der Waals surface area contributed by atoms with Gasteiger partial charge in [-0.05, 0) is 25.6 Å². The van der Waals surface area contributed by atoms with Crippen LogP contribution < -0.4 is 10.6 Å². The lowest BCUT2D eigenvalue weighted by Crippen LogP contribution is -2.29. The first-order chi connectivity index (χ1) is 9.81. The number of nitrogens with zero attached hydrogens (tertiary/aromatic N) is 1. The lowest BCUT2D eigenvalue weighted by Gasteiger charge is -2.17. The molecule has 1 unspecified atom stereocenters. The van der Waals surface area contributed by atoms with Gasteiger partial charge in [0.05, 0.1) is 0 Å². The lowest BCUT2D eigenvalue weighted by molar-refractivity contribution is -0.121. The third-order valence-electron chi connectivity index (χ3n) is 2.97. The SMILES string of the molecule is CNCCCC(=O)NC(c1ccccc1)c1nccs1.Cl. The molecule has 0 aliphatic carbocycles. The highest BCUT2D eigenvalue weighted by Gasteiger charge is 2.18. The monoisotopic (exact) mass is 325 g/mol. The summed E-state index contributed by atoms with van der Waals surface area (Å²) in [5, 5.41) is 8.97. The molecule has 1 atom stereocenters. The van der Waals surface area contributed by atoms with E-state index in [0.29, 0.717) is 6.42 Å². The van der Waals surface area contributed by atoms with Crippen LogP contribution in [0.2, 0.25) is 0 Å². The third-order valence-corrected chi connectivity index (χ3v) is 3.81. The van der Waals surface area contributed by atoms with Gasteiger partial charge in [-0.1, -0.05) is 30.3 Å². The van der Waals surface area contributed by atoms with Crippen molar-refractivity contribution in [2.24, 2.45) is 0 Å². The molecule has 2 aromatic rings. The largest absolute Gasteiger partial charge is 0.343 e. The molecular formula is C15H20ClN3OS. The number of carbonyl (C=O) groups excluding carboxylic acids is 1. The Balaban J connectivity index is 0.00000220. The van der Waals surface area contributed by atoms with E-state index in [2.05, 4.69) is 15.6 Å². The smallest absolute Gasteiger partial charge is 0.220 e. The van der Waals surface area contributed by atoms with Gasteiger partial charge in [-0.15, -0.1) is 23.7 Å². The zero-order valence-corrected chi connectivity index (χ0v) is 13.5. The Kier molecular flexibility index (Phi) is 7.97. The minimum absolute atomic E-state index is 0. The molecule has 0 aliphatic rings. The van der Waals surface area contributed by atoms with Crippen molar-refractivity contribution in [3.8, 4) is 0 Å². The van der Waals surface area contributed by atoms with Crippen molar-refractivity contribution in [1.82, 2.24) is 15.6 Å². The molecule has 0 bridgehead atoms. The van der Waals surface area contributed by atoms with Gasteiger partial charge in [0.25, 0.3) is 0 Å². The van der Waals surface area contributed by atoms with E-state index in [1.165, 1.54) is 0 Å². The normalized spacial score (nSPS) is 11.5. The summed E-state index contributed by atoms with van der Waals surface area (Å²) in [7, 11) is 1.89. The second kappa shape index (κ2) is 9.50. The zero-order valence-electron chi connectivity index (χ0n) is 11.9. The van der Waals surface area contributed by atoms with Gasteiger partial charge in [0.1, 0.15) is 11.0 Å². The van der Waals surface area contributed by atoms with Gasteiger partial charge >= 0.3 is 0 Å². The molecule has 4 nitrogen and oxygen atoms in total. The molecule has 1 heterocycles. The van der Waals surface area contributed by atoms with Crippen molar-refractivity contribution in [2.75, 3.05) is 13.6 Å². The highest BCUT2D eigenvalue weighted by Crippen LogP contribution is 2.23. The molecule has 1 aromatic heterocycles. The Morgan fingerprint density at radius 2 is 2.10 bits per heavy atom. The number of hydrogen-bond donors (Lipinski definition) is 2. The predicted molar refractivity (Wildman–Crippen MR) is 89.0 cm³/mol. The Labute approximate surface area is 135 Å². The van der Waals surface area contributed by atoms with Gasteiger partial charge in [-0.2, -0.15) is 0 Å². The maximum Gasteiger partial charge on any atom is 0.220 e. The topological polar surface area (TPSA) is 54.0 Å². The number of rotatable bonds is 7. The van der Waals surface area contributed by atoms with E-state index >= 15 is 0 Å². The fourth-order valence-electron chi connectivity index (χ4n) is 1.97. The van der Waals surface area contributed by atoms with E-state index in [4.69, 9.17) is 0 Å². The zero-order chi connectivity index (χ0) is 14.2. The fraction of sp³-hybridized carbons (Fsp3) is 0.333. The maximum absolute atomic E-state index is 12.0. The molecule has 114 valence electrons. The first kappa shape index (κ1) is 17.6. The van der Waals surface area contributed by atoms with Crippen LogP contribution in [0.25, 0.3) is 0 Å². The third kappa shape index (κ3) is 5.46. The Morgan fingerprint density at radius 1 is 1.33 bits per heavy atom. The van der Waals surface area contributed by atoms with Crippen LogP contribution in [0.3, 0.4) is 0 Å². The number of thiazole rings is 1. The minimum atomic E-state index is -0.154. The summed E-state index contributed by atoms with van der Waals surface area (Å²) in [5.74, 6) is 0.0595. The summed E-state index contributed by atoms with van der Waals surface area (Å²) in [4.78, 5) is 16.4. The number of halogens is 1. The summed E-state index contributed by atoms with van der Waals surface area (Å²) in [6, 6.07) is 9.79. The van der Waals surface area contributed by atoms with Crippen molar-refractivity contribution in [1.29, 1.82) is 0 Å². The van der Waals surface area contributed by atoms with Gasteiger partial charge in [-0.3, -0.25) is 4.79 Å². The van der Waals surface area contributed by atoms with Crippen molar-refractivity contribution in [2.45, 2.75) is 18.9 Å². The van der Waals surface area contributed by atoms with Crippen molar-refractivity contribution in [3.05, 3.63) is 52.5 Å². The Bertz CT molecular complexity index is 519. The minimum Gasteiger partial charge on any atom is -0.343 e. The van der Waals surface area contributed by atoms with Crippen molar-refractivity contribution in [3.63, 3.8) is 0 Å². The van der Waals surface area contributed by atoms with Crippen LogP contribution >= 0.6 is 23.7 Å². The Hall–Kier alpha value is -1.43. The maximum atomic E-state index is 12.0. The fourth-order valence-corrected chi connectivity index (χ4v) is 2.68. The van der Waals surface area contributed by atoms with E-state index in [1.54, 1.807) is 17.5 Å². The summed E-state index contributed by atoms with van der Waals surface area (Å²) in [6.45, 7) is 0.848. The predicted octanol–water partition coefficient (Wildman–Crippen LogP) is 2.77. The molecule has 0 saturated carbocycles. The quantitative estimate of drug-likeness (QED) is 0.770. The molecule has 0 aliphatic heterocycles. The van der Waals surface area contributed by atoms with Crippen LogP contribution in [0, 0.1) is 0 Å². The molecule has 2 N–H and O–H groups in total. The second-order valence-electron chi connectivity index (χ2n) is 4.49. The highest BCUT2D eigenvalue weighted by molar-refractivity contribution is 7.09. The summed E-state index contributed by atoms with van der Waals surface area (Å²) < 4.78 is 0. The number of hydrogen-bond acceptors (Lipinski definition) is 4. The standard InChI is InChI=1S/C15H19N3OS.ClH/c1-16-9-5-8-13(19)18-14(15-17-10-11-20-15)12-6-3-2-4-7-12;/h2-4,6-7,10-11,14,16H,5,8-9H2,1H3,(H,18,19);1H. The van der Waals surface area contributed by atoms with E-state index in [-0.39, 0.29) is 24.4 Å². The van der Waals surface area contributed by atoms with Gasteiger partial charge in [-0.25, -0.2) is 4.98 Å². The molecule has 6 heteroatoms. The van der Waals surface area contributed by atoms with E-state index < -0.39 is 0 Å². The van der Waals surface area contributed by atoms with Crippen LogP contribution in [-0.2, 0) is 4.79 Å². The van der Waals surface area contributed by atoms with Crippen LogP contribution in [-0.4, -0.2) is 24.5 Å². The van der Waals surface area contributed by atoms with Crippen LogP contribution in [0.4, 0.5) is 0 Å². The summed E-state index contributed by atoms with van der Waals surface area (Å²) in [6.07, 6.45) is 3.13. The molecule has 0 spiro atoms. The van der Waals surface area contributed by atoms with E-state index in [9.17, 15) is 4.79 Å².